The maximum absolute atomic E-state index is 13.2. The van der Waals surface area contributed by atoms with Crippen LogP contribution in [0.5, 0.6) is 5.75 Å². The molecule has 0 bridgehead atoms. The van der Waals surface area contributed by atoms with E-state index >= 15 is 0 Å². The summed E-state index contributed by atoms with van der Waals surface area (Å²) in [7, 11) is 0. The van der Waals surface area contributed by atoms with Gasteiger partial charge in [-0.2, -0.15) is 5.26 Å². The van der Waals surface area contributed by atoms with Crippen LogP contribution in [0.4, 0.5) is 11.4 Å². The summed E-state index contributed by atoms with van der Waals surface area (Å²) in [6.07, 6.45) is 5.38. The van der Waals surface area contributed by atoms with Crippen molar-refractivity contribution in [1.29, 1.82) is 5.26 Å². The van der Waals surface area contributed by atoms with Crippen LogP contribution in [-0.4, -0.2) is 33.7 Å². The Labute approximate surface area is 223 Å². The predicted octanol–water partition coefficient (Wildman–Crippen LogP) is 5.19. The Morgan fingerprint density at radius 1 is 1.05 bits per heavy atom. The number of fused-ring (bicyclic) bond motifs is 1. The molecule has 3 aromatic carbocycles. The van der Waals surface area contributed by atoms with Crippen molar-refractivity contribution in [1.82, 2.24) is 15.4 Å². The Balaban J connectivity index is 1.52. The van der Waals surface area contributed by atoms with Gasteiger partial charge in [-0.25, -0.2) is 9.97 Å². The molecule has 1 atom stereocenters. The van der Waals surface area contributed by atoms with Crippen LogP contribution in [0.15, 0.2) is 89.3 Å². The van der Waals surface area contributed by atoms with E-state index < -0.39 is 5.91 Å². The number of carbonyl (C=O) groups is 1. The standard InChI is InChI=1S/C28H22ClN7O2/c29-19-6-3-7-20(14-19)34-28(38)23-13-17-5-1-2-8-21(17)25(26(23)37)36-35-24-18(15-30)16-31-12-9-22(24)27-32-10-4-11-33-27/h1-8,10-11,13-14,16,22,35-37H,9,12H2,(H,34,38). The van der Waals surface area contributed by atoms with Gasteiger partial charge in [0.25, 0.3) is 5.91 Å². The van der Waals surface area contributed by atoms with Crippen molar-refractivity contribution in [2.75, 3.05) is 17.3 Å². The number of aromatic nitrogens is 2. The molecule has 0 aliphatic carbocycles. The fraction of sp³-hybridized carbons (Fsp3) is 0.107. The minimum atomic E-state index is -0.507. The first-order valence-electron chi connectivity index (χ1n) is 11.8. The van der Waals surface area contributed by atoms with Gasteiger partial charge < -0.3 is 15.8 Å². The molecule has 38 heavy (non-hydrogen) atoms. The third kappa shape index (κ3) is 5.12. The number of halogens is 1. The van der Waals surface area contributed by atoms with Gasteiger partial charge in [0.05, 0.1) is 22.8 Å². The molecule has 4 aromatic rings. The van der Waals surface area contributed by atoms with Gasteiger partial charge in [0.15, 0.2) is 5.75 Å². The molecule has 0 radical (unpaired) electrons. The maximum Gasteiger partial charge on any atom is 0.259 e. The van der Waals surface area contributed by atoms with Crippen LogP contribution >= 0.6 is 11.6 Å². The third-order valence-corrected chi connectivity index (χ3v) is 6.33. The fourth-order valence-electron chi connectivity index (χ4n) is 4.28. The van der Waals surface area contributed by atoms with Gasteiger partial charge in [-0.15, -0.1) is 0 Å². The molecule has 1 aliphatic rings. The molecule has 1 aromatic heterocycles. The Kier molecular flexibility index (Phi) is 7.15. The smallest absolute Gasteiger partial charge is 0.259 e. The predicted molar refractivity (Wildman–Crippen MR) is 147 cm³/mol. The number of nitrogens with zero attached hydrogens (tertiary/aromatic N) is 4. The zero-order valence-electron chi connectivity index (χ0n) is 20.0. The summed E-state index contributed by atoms with van der Waals surface area (Å²) in [4.78, 5) is 26.3. The topological polar surface area (TPSA) is 135 Å². The van der Waals surface area contributed by atoms with Gasteiger partial charge in [-0.05, 0) is 42.1 Å². The number of nitrogens with one attached hydrogen (secondary N) is 3. The van der Waals surface area contributed by atoms with Gasteiger partial charge in [0.2, 0.25) is 0 Å². The Morgan fingerprint density at radius 3 is 2.66 bits per heavy atom. The molecule has 5 rings (SSSR count). The zero-order chi connectivity index (χ0) is 26.5. The molecular weight excluding hydrogens is 502 g/mol. The SMILES string of the molecule is N#CC1=C(NNc2c(O)c(C(=O)Nc3cccc(Cl)c3)cc3ccccc23)C(c2ncccn2)CCN=C1. The minimum Gasteiger partial charge on any atom is -0.505 e. The molecule has 4 N–H and O–H groups in total. The Hall–Kier alpha value is -4.94. The molecule has 0 saturated carbocycles. The molecule has 188 valence electrons. The van der Waals surface area contributed by atoms with E-state index in [2.05, 4.69) is 37.2 Å². The highest BCUT2D eigenvalue weighted by molar-refractivity contribution is 6.31. The number of benzene rings is 3. The Morgan fingerprint density at radius 2 is 1.87 bits per heavy atom. The number of hydrazine groups is 1. The molecule has 10 heteroatoms. The van der Waals surface area contributed by atoms with E-state index in [4.69, 9.17) is 11.6 Å². The van der Waals surface area contributed by atoms with E-state index in [1.165, 1.54) is 6.21 Å². The lowest BCUT2D eigenvalue weighted by atomic mass is 9.98. The van der Waals surface area contributed by atoms with Gasteiger partial charge in [0.1, 0.15) is 17.6 Å². The van der Waals surface area contributed by atoms with E-state index in [0.717, 1.165) is 5.39 Å². The molecule has 1 aliphatic heterocycles. The average Bonchev–Trinajstić information content (AvgIpc) is 3.14. The highest BCUT2D eigenvalue weighted by Gasteiger charge is 2.25. The monoisotopic (exact) mass is 523 g/mol. The molecule has 1 amide bonds. The second kappa shape index (κ2) is 11.0. The van der Waals surface area contributed by atoms with Crippen molar-refractivity contribution in [3.8, 4) is 11.8 Å². The quantitative estimate of drug-likeness (QED) is 0.201. The summed E-state index contributed by atoms with van der Waals surface area (Å²) in [5.41, 5.74) is 7.83. The van der Waals surface area contributed by atoms with Crippen molar-refractivity contribution in [3.05, 3.63) is 101 Å². The second-order valence-corrected chi connectivity index (χ2v) is 8.94. The number of hydrogen-bond donors (Lipinski definition) is 4. The number of phenols is 1. The molecule has 2 heterocycles. The molecular formula is C28H22ClN7O2. The first kappa shape index (κ1) is 24.7. The largest absolute Gasteiger partial charge is 0.505 e. The van der Waals surface area contributed by atoms with Gasteiger partial charge >= 0.3 is 0 Å². The van der Waals surface area contributed by atoms with Crippen LogP contribution in [0.25, 0.3) is 10.8 Å². The first-order chi connectivity index (χ1) is 18.5. The molecule has 0 saturated heterocycles. The van der Waals surface area contributed by atoms with Crippen molar-refractivity contribution in [2.24, 2.45) is 4.99 Å². The van der Waals surface area contributed by atoms with Crippen LogP contribution in [0.1, 0.15) is 28.5 Å². The van der Waals surface area contributed by atoms with Crippen LogP contribution in [-0.2, 0) is 0 Å². The minimum absolute atomic E-state index is 0.0628. The number of carbonyl (C=O) groups excluding carboxylic acids is 1. The highest BCUT2D eigenvalue weighted by atomic mass is 35.5. The molecule has 1 unspecified atom stereocenters. The third-order valence-electron chi connectivity index (χ3n) is 6.09. The number of rotatable bonds is 6. The van der Waals surface area contributed by atoms with E-state index in [1.807, 2.05) is 24.3 Å². The van der Waals surface area contributed by atoms with E-state index in [0.29, 0.717) is 46.2 Å². The fourth-order valence-corrected chi connectivity index (χ4v) is 4.47. The molecule has 9 nitrogen and oxygen atoms in total. The number of hydrogen-bond acceptors (Lipinski definition) is 8. The van der Waals surface area contributed by atoms with Crippen molar-refractivity contribution in [2.45, 2.75) is 12.3 Å². The number of phenolic OH excluding ortho intramolecular Hbond substituents is 1. The number of anilines is 2. The van der Waals surface area contributed by atoms with Crippen molar-refractivity contribution in [3.63, 3.8) is 0 Å². The lowest BCUT2D eigenvalue weighted by Gasteiger charge is -2.22. The average molecular weight is 524 g/mol. The number of aromatic hydroxyl groups is 1. The lowest BCUT2D eigenvalue weighted by molar-refractivity contribution is 0.102. The van der Waals surface area contributed by atoms with Crippen molar-refractivity contribution >= 4 is 45.9 Å². The highest BCUT2D eigenvalue weighted by Crippen LogP contribution is 2.37. The molecule has 0 spiro atoms. The summed E-state index contributed by atoms with van der Waals surface area (Å²) in [6.45, 7) is 0.493. The summed E-state index contributed by atoms with van der Waals surface area (Å²) >= 11 is 6.05. The van der Waals surface area contributed by atoms with E-state index in [-0.39, 0.29) is 22.9 Å². The normalized spacial score (nSPS) is 15.0. The van der Waals surface area contributed by atoms with Gasteiger partial charge in [0, 0.05) is 41.2 Å². The van der Waals surface area contributed by atoms with E-state index in [1.54, 1.807) is 48.8 Å². The van der Waals surface area contributed by atoms with Crippen LogP contribution in [0, 0.1) is 11.3 Å². The summed E-state index contributed by atoms with van der Waals surface area (Å²) in [5.74, 6) is -0.570. The number of nitriles is 1. The van der Waals surface area contributed by atoms with Crippen LogP contribution < -0.4 is 16.2 Å². The van der Waals surface area contributed by atoms with Crippen LogP contribution in [0.2, 0.25) is 5.02 Å². The van der Waals surface area contributed by atoms with Gasteiger partial charge in [-0.3, -0.25) is 15.2 Å². The van der Waals surface area contributed by atoms with E-state index in [9.17, 15) is 15.2 Å². The number of allylic oxidation sites excluding steroid dienone is 2. The maximum atomic E-state index is 13.2. The Bertz CT molecular complexity index is 1610. The summed E-state index contributed by atoms with van der Waals surface area (Å²) in [5, 5.41) is 25.7. The lowest BCUT2D eigenvalue weighted by Crippen LogP contribution is -2.28. The zero-order valence-corrected chi connectivity index (χ0v) is 20.8. The second-order valence-electron chi connectivity index (χ2n) is 8.51. The first-order valence-corrected chi connectivity index (χ1v) is 12.2. The summed E-state index contributed by atoms with van der Waals surface area (Å²) < 4.78 is 0. The van der Waals surface area contributed by atoms with Gasteiger partial charge in [-0.1, -0.05) is 41.9 Å². The van der Waals surface area contributed by atoms with Crippen molar-refractivity contribution < 1.29 is 9.90 Å². The number of aliphatic imine (C=N–C) groups is 1. The number of amides is 1. The van der Waals surface area contributed by atoms with Crippen LogP contribution in [0.3, 0.4) is 0 Å². The molecule has 0 fully saturated rings. The summed E-state index contributed by atoms with van der Waals surface area (Å²) in [6, 6.07) is 19.6.